The average Bonchev–Trinajstić information content (AvgIpc) is 3.10. The Labute approximate surface area is 156 Å². The van der Waals surface area contributed by atoms with Gasteiger partial charge in [-0.2, -0.15) is 0 Å². The summed E-state index contributed by atoms with van der Waals surface area (Å²) in [7, 11) is 0. The minimum Gasteiger partial charge on any atom is -0.351 e. The third kappa shape index (κ3) is 4.88. The number of aromatic nitrogens is 3. The van der Waals surface area contributed by atoms with Crippen LogP contribution in [0.3, 0.4) is 0 Å². The zero-order chi connectivity index (χ0) is 19.2. The molecule has 0 radical (unpaired) electrons. The molecule has 0 aliphatic carbocycles. The van der Waals surface area contributed by atoms with Crippen LogP contribution < -0.4 is 10.6 Å². The van der Waals surface area contributed by atoms with Gasteiger partial charge in [-0.25, -0.2) is 8.78 Å². The second kappa shape index (κ2) is 8.41. The van der Waals surface area contributed by atoms with Crippen molar-refractivity contribution in [1.82, 2.24) is 20.5 Å². The summed E-state index contributed by atoms with van der Waals surface area (Å²) < 4.78 is 26.4. The van der Waals surface area contributed by atoms with E-state index in [-0.39, 0.29) is 18.5 Å². The number of anilines is 1. The fourth-order valence-corrected chi connectivity index (χ4v) is 2.84. The van der Waals surface area contributed by atoms with E-state index in [0.717, 1.165) is 12.1 Å². The van der Waals surface area contributed by atoms with Crippen molar-refractivity contribution in [3.05, 3.63) is 59.8 Å². The summed E-state index contributed by atoms with van der Waals surface area (Å²) in [6, 6.07) is 8.01. The Hall–Kier alpha value is -3.27. The number of carbonyl (C=O) groups excluding carboxylic acids is 2. The molecule has 2 amide bonds. The van der Waals surface area contributed by atoms with Gasteiger partial charge in [0.2, 0.25) is 11.0 Å². The Bertz CT molecular complexity index is 965. The molecule has 7 nitrogen and oxygen atoms in total. The standard InChI is InChI=1S/C17H13F2N5O2S/c18-10-4-5-11(12(19)9-10)15(26)21-8-6-14(25)22-17-24-23-16(27-17)13-3-1-2-7-20-13/h1-5,7,9H,6,8H2,(H,21,26)(H,22,24,25). The van der Waals surface area contributed by atoms with Gasteiger partial charge in [0.25, 0.3) is 5.91 Å². The third-order valence-electron chi connectivity index (χ3n) is 3.37. The fourth-order valence-electron chi connectivity index (χ4n) is 2.11. The second-order valence-corrected chi connectivity index (χ2v) is 6.28. The number of rotatable bonds is 6. The largest absolute Gasteiger partial charge is 0.351 e. The summed E-state index contributed by atoms with van der Waals surface area (Å²) in [6.07, 6.45) is 1.58. The number of benzene rings is 1. The first-order valence-electron chi connectivity index (χ1n) is 7.81. The molecule has 0 aliphatic heterocycles. The maximum Gasteiger partial charge on any atom is 0.254 e. The van der Waals surface area contributed by atoms with Crippen molar-refractivity contribution >= 4 is 28.3 Å². The molecule has 0 bridgehead atoms. The number of hydrogen-bond donors (Lipinski definition) is 2. The Balaban J connectivity index is 1.49. The van der Waals surface area contributed by atoms with Crippen molar-refractivity contribution in [2.75, 3.05) is 11.9 Å². The van der Waals surface area contributed by atoms with E-state index in [2.05, 4.69) is 25.8 Å². The zero-order valence-electron chi connectivity index (χ0n) is 13.8. The molecule has 0 spiro atoms. The highest BCUT2D eigenvalue weighted by Crippen LogP contribution is 2.24. The van der Waals surface area contributed by atoms with Gasteiger partial charge in [-0.1, -0.05) is 17.4 Å². The topological polar surface area (TPSA) is 96.9 Å². The predicted molar refractivity (Wildman–Crippen MR) is 95.1 cm³/mol. The minimum atomic E-state index is -0.965. The number of nitrogens with zero attached hydrogens (tertiary/aromatic N) is 3. The molecule has 2 aromatic heterocycles. The zero-order valence-corrected chi connectivity index (χ0v) is 14.6. The number of nitrogens with one attached hydrogen (secondary N) is 2. The summed E-state index contributed by atoms with van der Waals surface area (Å²) >= 11 is 1.17. The van der Waals surface area contributed by atoms with Crippen LogP contribution in [-0.4, -0.2) is 33.5 Å². The van der Waals surface area contributed by atoms with Crippen LogP contribution in [-0.2, 0) is 4.79 Å². The van der Waals surface area contributed by atoms with E-state index in [4.69, 9.17) is 0 Å². The molecule has 2 N–H and O–H groups in total. The van der Waals surface area contributed by atoms with Gasteiger partial charge in [0.05, 0.1) is 5.56 Å². The Morgan fingerprint density at radius 3 is 2.70 bits per heavy atom. The molecule has 3 aromatic rings. The molecule has 1 aromatic carbocycles. The third-order valence-corrected chi connectivity index (χ3v) is 4.23. The highest BCUT2D eigenvalue weighted by atomic mass is 32.1. The molecule has 0 saturated carbocycles. The Morgan fingerprint density at radius 2 is 1.96 bits per heavy atom. The van der Waals surface area contributed by atoms with Gasteiger partial charge < -0.3 is 10.6 Å². The van der Waals surface area contributed by atoms with Crippen molar-refractivity contribution in [2.45, 2.75) is 6.42 Å². The van der Waals surface area contributed by atoms with E-state index in [1.165, 1.54) is 11.3 Å². The van der Waals surface area contributed by atoms with Crippen molar-refractivity contribution in [3.8, 4) is 10.7 Å². The molecule has 3 rings (SSSR count). The van der Waals surface area contributed by atoms with Crippen molar-refractivity contribution in [2.24, 2.45) is 0 Å². The molecule has 0 unspecified atom stereocenters. The van der Waals surface area contributed by atoms with Crippen LogP contribution in [0.1, 0.15) is 16.8 Å². The Kier molecular flexibility index (Phi) is 5.77. The van der Waals surface area contributed by atoms with Gasteiger partial charge in [-0.3, -0.25) is 14.6 Å². The van der Waals surface area contributed by atoms with Gasteiger partial charge in [-0.05, 0) is 24.3 Å². The lowest BCUT2D eigenvalue weighted by Gasteiger charge is -2.06. The summed E-state index contributed by atoms with van der Waals surface area (Å²) in [5.74, 6) is -2.86. The lowest BCUT2D eigenvalue weighted by molar-refractivity contribution is -0.116. The average molecular weight is 389 g/mol. The van der Waals surface area contributed by atoms with E-state index in [0.29, 0.717) is 21.9 Å². The summed E-state index contributed by atoms with van der Waals surface area (Å²) in [5, 5.41) is 13.7. The smallest absolute Gasteiger partial charge is 0.254 e. The summed E-state index contributed by atoms with van der Waals surface area (Å²) in [6.45, 7) is -0.0205. The lowest BCUT2D eigenvalue weighted by atomic mass is 10.2. The number of carbonyl (C=O) groups is 2. The SMILES string of the molecule is O=C(CCNC(=O)c1ccc(F)cc1F)Nc1nnc(-c2ccccn2)s1. The molecular formula is C17H13F2N5O2S. The van der Waals surface area contributed by atoms with Crippen LogP contribution in [0.2, 0.25) is 0 Å². The van der Waals surface area contributed by atoms with Crippen molar-refractivity contribution in [1.29, 1.82) is 0 Å². The van der Waals surface area contributed by atoms with Gasteiger partial charge in [0.1, 0.15) is 17.3 Å². The number of hydrogen-bond acceptors (Lipinski definition) is 6. The van der Waals surface area contributed by atoms with Crippen molar-refractivity contribution in [3.63, 3.8) is 0 Å². The van der Waals surface area contributed by atoms with Gasteiger partial charge in [-0.15, -0.1) is 10.2 Å². The summed E-state index contributed by atoms with van der Waals surface area (Å²) in [5.41, 5.74) is 0.352. The highest BCUT2D eigenvalue weighted by Gasteiger charge is 2.14. The first-order valence-corrected chi connectivity index (χ1v) is 8.62. The van der Waals surface area contributed by atoms with Gasteiger partial charge in [0, 0.05) is 25.2 Å². The van der Waals surface area contributed by atoms with E-state index in [1.807, 2.05) is 6.07 Å². The van der Waals surface area contributed by atoms with Crippen LogP contribution in [0.5, 0.6) is 0 Å². The molecule has 2 heterocycles. The first kappa shape index (κ1) is 18.5. The van der Waals surface area contributed by atoms with Crippen LogP contribution in [0.25, 0.3) is 10.7 Å². The maximum atomic E-state index is 13.5. The van der Waals surface area contributed by atoms with Gasteiger partial charge in [0.15, 0.2) is 5.01 Å². The first-order chi connectivity index (χ1) is 13.0. The van der Waals surface area contributed by atoms with E-state index >= 15 is 0 Å². The second-order valence-electron chi connectivity index (χ2n) is 5.31. The molecule has 27 heavy (non-hydrogen) atoms. The van der Waals surface area contributed by atoms with E-state index in [9.17, 15) is 18.4 Å². The number of amides is 2. The predicted octanol–water partition coefficient (Wildman–Crippen LogP) is 2.64. The molecular weight excluding hydrogens is 376 g/mol. The number of halogens is 2. The lowest BCUT2D eigenvalue weighted by Crippen LogP contribution is -2.28. The van der Waals surface area contributed by atoms with Crippen LogP contribution in [0.4, 0.5) is 13.9 Å². The molecule has 10 heteroatoms. The van der Waals surface area contributed by atoms with Crippen LogP contribution in [0, 0.1) is 11.6 Å². The quantitative estimate of drug-likeness (QED) is 0.676. The van der Waals surface area contributed by atoms with Gasteiger partial charge >= 0.3 is 0 Å². The summed E-state index contributed by atoms with van der Waals surface area (Å²) in [4.78, 5) is 27.9. The van der Waals surface area contributed by atoms with Crippen LogP contribution >= 0.6 is 11.3 Å². The minimum absolute atomic E-state index is 0.0205. The fraction of sp³-hybridized carbons (Fsp3) is 0.118. The normalized spacial score (nSPS) is 10.4. The Morgan fingerprint density at radius 1 is 1.11 bits per heavy atom. The molecule has 0 atom stereocenters. The monoisotopic (exact) mass is 389 g/mol. The van der Waals surface area contributed by atoms with E-state index < -0.39 is 23.4 Å². The molecule has 0 aliphatic rings. The van der Waals surface area contributed by atoms with Crippen LogP contribution in [0.15, 0.2) is 42.6 Å². The molecule has 138 valence electrons. The molecule has 0 fully saturated rings. The number of pyridine rings is 1. The molecule has 0 saturated heterocycles. The highest BCUT2D eigenvalue weighted by molar-refractivity contribution is 7.18. The maximum absolute atomic E-state index is 13.5. The van der Waals surface area contributed by atoms with E-state index in [1.54, 1.807) is 18.3 Å². The van der Waals surface area contributed by atoms with Crippen molar-refractivity contribution < 1.29 is 18.4 Å².